The highest BCUT2D eigenvalue weighted by molar-refractivity contribution is 5.83. The quantitative estimate of drug-likeness (QED) is 0.243. The summed E-state index contributed by atoms with van der Waals surface area (Å²) in [5.74, 6) is -1.27. The molecule has 3 N–H and O–H groups in total. The molecule has 1 atom stereocenters. The molecule has 0 radical (unpaired) electrons. The van der Waals surface area contributed by atoms with Gasteiger partial charge in [0.2, 0.25) is 5.91 Å². The van der Waals surface area contributed by atoms with Gasteiger partial charge in [-0.1, -0.05) is 56.2 Å². The van der Waals surface area contributed by atoms with Crippen LogP contribution in [0.1, 0.15) is 76.8 Å². The summed E-state index contributed by atoms with van der Waals surface area (Å²) in [5.41, 5.74) is 0.685. The number of carboxylic acid groups (broad SMARTS) is 1. The highest BCUT2D eigenvalue weighted by Gasteiger charge is 2.20. The van der Waals surface area contributed by atoms with Crippen molar-refractivity contribution in [3.8, 4) is 0 Å². The highest BCUT2D eigenvalue weighted by Crippen LogP contribution is 2.04. The molecule has 0 saturated carbocycles. The van der Waals surface area contributed by atoms with E-state index in [1.807, 2.05) is 0 Å². The zero-order chi connectivity index (χ0) is 21.9. The molecule has 0 aliphatic carbocycles. The fraction of sp³-hybridized carbons (Fsp3) is 0.542. The number of nitrogens with zero attached hydrogens (tertiary/aromatic N) is 1. The lowest BCUT2D eigenvalue weighted by atomic mass is 10.1. The number of carbonyl (C=O) groups is 2. The van der Waals surface area contributed by atoms with Gasteiger partial charge in [-0.3, -0.25) is 4.79 Å². The minimum Gasteiger partial charge on any atom is -0.480 e. The second-order valence-electron chi connectivity index (χ2n) is 7.37. The van der Waals surface area contributed by atoms with E-state index < -0.39 is 12.0 Å². The smallest absolute Gasteiger partial charge is 0.326 e. The Bertz CT molecular complexity index is 663. The van der Waals surface area contributed by atoms with E-state index in [9.17, 15) is 14.7 Å². The standard InChI is InChI=1S/C24H37N3O3/c1-2-3-4-5-6-7-8-9-10-11-12-13-14-15-16-17-23(28)27-22(24(29)30)18-21-19-25-20-26-21/h6-7,9-10,12-13,19-20,22H,2-5,8,11,14-18H2,1H3,(H,25,26)(H,27,28)(H,29,30)/b7-6-,10-9-,13-12-/t22-/m0/s1. The van der Waals surface area contributed by atoms with Gasteiger partial charge >= 0.3 is 5.97 Å². The Hall–Kier alpha value is -2.63. The van der Waals surface area contributed by atoms with Gasteiger partial charge in [0.05, 0.1) is 6.33 Å². The molecule has 0 aliphatic rings. The highest BCUT2D eigenvalue weighted by atomic mass is 16.4. The number of imidazole rings is 1. The number of allylic oxidation sites excluding steroid dienone is 6. The third kappa shape index (κ3) is 13.5. The number of unbranched alkanes of at least 4 members (excludes halogenated alkanes) is 5. The van der Waals surface area contributed by atoms with E-state index in [1.54, 1.807) is 6.20 Å². The van der Waals surface area contributed by atoms with Crippen LogP contribution in [-0.4, -0.2) is 33.0 Å². The molecule has 1 aromatic heterocycles. The van der Waals surface area contributed by atoms with Crippen molar-refractivity contribution in [3.63, 3.8) is 0 Å². The van der Waals surface area contributed by atoms with Crippen molar-refractivity contribution in [2.45, 2.75) is 83.6 Å². The molecule has 6 heteroatoms. The van der Waals surface area contributed by atoms with Gasteiger partial charge in [0, 0.05) is 24.7 Å². The summed E-state index contributed by atoms with van der Waals surface area (Å²) < 4.78 is 0. The van der Waals surface area contributed by atoms with E-state index in [0.717, 1.165) is 32.1 Å². The van der Waals surface area contributed by atoms with Gasteiger partial charge in [0.15, 0.2) is 0 Å². The van der Waals surface area contributed by atoms with E-state index in [-0.39, 0.29) is 12.3 Å². The van der Waals surface area contributed by atoms with E-state index in [1.165, 1.54) is 32.0 Å². The number of hydrogen-bond donors (Lipinski definition) is 3. The fourth-order valence-electron chi connectivity index (χ4n) is 2.92. The first kappa shape index (κ1) is 25.4. The predicted octanol–water partition coefficient (Wildman–Crippen LogP) is 5.11. The van der Waals surface area contributed by atoms with Gasteiger partial charge in [-0.05, 0) is 44.9 Å². The minimum atomic E-state index is -1.04. The van der Waals surface area contributed by atoms with Crippen molar-refractivity contribution in [3.05, 3.63) is 54.7 Å². The monoisotopic (exact) mass is 415 g/mol. The van der Waals surface area contributed by atoms with Gasteiger partial charge in [0.1, 0.15) is 6.04 Å². The summed E-state index contributed by atoms with van der Waals surface area (Å²) in [4.78, 5) is 30.0. The van der Waals surface area contributed by atoms with Crippen LogP contribution in [-0.2, 0) is 16.0 Å². The topological polar surface area (TPSA) is 95.1 Å². The number of carboxylic acids is 1. The van der Waals surface area contributed by atoms with Crippen LogP contribution in [0.3, 0.4) is 0 Å². The Morgan fingerprint density at radius 2 is 1.67 bits per heavy atom. The van der Waals surface area contributed by atoms with Crippen molar-refractivity contribution >= 4 is 11.9 Å². The van der Waals surface area contributed by atoms with Gasteiger partial charge in [-0.2, -0.15) is 0 Å². The van der Waals surface area contributed by atoms with Crippen LogP contribution in [0.4, 0.5) is 0 Å². The van der Waals surface area contributed by atoms with Crippen molar-refractivity contribution in [1.82, 2.24) is 15.3 Å². The summed E-state index contributed by atoms with van der Waals surface area (Å²) in [6.07, 6.45) is 26.3. The van der Waals surface area contributed by atoms with Gasteiger partial charge < -0.3 is 15.4 Å². The van der Waals surface area contributed by atoms with E-state index in [4.69, 9.17) is 0 Å². The molecule has 0 fully saturated rings. The Labute approximate surface area is 180 Å². The summed E-state index contributed by atoms with van der Waals surface area (Å²) in [5, 5.41) is 11.8. The number of amides is 1. The average Bonchev–Trinajstić information content (AvgIpc) is 3.23. The van der Waals surface area contributed by atoms with Crippen LogP contribution in [0, 0.1) is 0 Å². The van der Waals surface area contributed by atoms with Crippen molar-refractivity contribution < 1.29 is 14.7 Å². The Balaban J connectivity index is 2.06. The van der Waals surface area contributed by atoms with Crippen LogP contribution < -0.4 is 5.32 Å². The lowest BCUT2D eigenvalue weighted by Gasteiger charge is -2.13. The zero-order valence-electron chi connectivity index (χ0n) is 18.2. The number of rotatable bonds is 17. The number of H-pyrrole nitrogens is 1. The first-order valence-corrected chi connectivity index (χ1v) is 11.1. The summed E-state index contributed by atoms with van der Waals surface area (Å²) in [6.45, 7) is 2.22. The molecule has 1 rings (SSSR count). The number of aliphatic carboxylic acids is 1. The van der Waals surface area contributed by atoms with Gasteiger partial charge in [-0.25, -0.2) is 9.78 Å². The number of aromatic nitrogens is 2. The van der Waals surface area contributed by atoms with Crippen LogP contribution in [0.5, 0.6) is 0 Å². The second kappa shape index (κ2) is 17.2. The summed E-state index contributed by atoms with van der Waals surface area (Å²) in [7, 11) is 0. The van der Waals surface area contributed by atoms with Crippen molar-refractivity contribution in [2.75, 3.05) is 0 Å². The summed E-state index contributed by atoms with van der Waals surface area (Å²) >= 11 is 0. The number of hydrogen-bond acceptors (Lipinski definition) is 3. The third-order valence-electron chi connectivity index (χ3n) is 4.66. The van der Waals surface area contributed by atoms with Gasteiger partial charge in [0.25, 0.3) is 0 Å². The first-order chi connectivity index (χ1) is 14.6. The van der Waals surface area contributed by atoms with Crippen LogP contribution in [0.25, 0.3) is 0 Å². The fourth-order valence-corrected chi connectivity index (χ4v) is 2.92. The molecule has 0 aliphatic heterocycles. The van der Waals surface area contributed by atoms with Crippen molar-refractivity contribution in [1.29, 1.82) is 0 Å². The minimum absolute atomic E-state index is 0.200. The molecule has 0 spiro atoms. The maximum atomic E-state index is 12.0. The van der Waals surface area contributed by atoms with E-state index >= 15 is 0 Å². The molecule has 1 aromatic rings. The van der Waals surface area contributed by atoms with Crippen LogP contribution >= 0.6 is 0 Å². The molecule has 6 nitrogen and oxygen atoms in total. The van der Waals surface area contributed by atoms with E-state index in [2.05, 4.69) is 58.7 Å². The first-order valence-electron chi connectivity index (χ1n) is 11.1. The molecule has 1 amide bonds. The summed E-state index contributed by atoms with van der Waals surface area (Å²) in [6, 6.07) is -0.934. The van der Waals surface area contributed by atoms with Crippen LogP contribution in [0.15, 0.2) is 49.0 Å². The molecule has 0 unspecified atom stereocenters. The number of aromatic amines is 1. The second-order valence-corrected chi connectivity index (χ2v) is 7.37. The Morgan fingerprint density at radius 3 is 2.23 bits per heavy atom. The van der Waals surface area contributed by atoms with Crippen molar-refractivity contribution in [2.24, 2.45) is 0 Å². The lowest BCUT2D eigenvalue weighted by Crippen LogP contribution is -2.42. The molecule has 0 bridgehead atoms. The lowest BCUT2D eigenvalue weighted by molar-refractivity contribution is -0.141. The molecular formula is C24H37N3O3. The molecule has 0 aromatic carbocycles. The van der Waals surface area contributed by atoms with Crippen LogP contribution in [0.2, 0.25) is 0 Å². The SMILES string of the molecule is CCCCC/C=C\C/C=C\C/C=C\CCCCC(=O)N[C@@H](Cc1cnc[nH]1)C(=O)O. The Morgan fingerprint density at radius 1 is 1.03 bits per heavy atom. The molecular weight excluding hydrogens is 378 g/mol. The zero-order valence-corrected chi connectivity index (χ0v) is 18.2. The van der Waals surface area contributed by atoms with Gasteiger partial charge in [-0.15, -0.1) is 0 Å². The molecule has 0 saturated heterocycles. The Kier molecular flexibility index (Phi) is 14.6. The number of carbonyl (C=O) groups excluding carboxylic acids is 1. The predicted molar refractivity (Wildman–Crippen MR) is 121 cm³/mol. The molecule has 30 heavy (non-hydrogen) atoms. The maximum Gasteiger partial charge on any atom is 0.326 e. The average molecular weight is 416 g/mol. The molecule has 1 heterocycles. The number of nitrogens with one attached hydrogen (secondary N) is 2. The normalized spacial score (nSPS) is 12.8. The molecule has 166 valence electrons. The van der Waals surface area contributed by atoms with E-state index in [0.29, 0.717) is 12.1 Å². The third-order valence-corrected chi connectivity index (χ3v) is 4.66. The maximum absolute atomic E-state index is 12.0. The largest absolute Gasteiger partial charge is 0.480 e.